The normalized spacial score (nSPS) is 10.2. The van der Waals surface area contributed by atoms with Crippen molar-refractivity contribution < 1.29 is 9.72 Å². The molecule has 1 heterocycles. The van der Waals surface area contributed by atoms with Crippen molar-refractivity contribution in [3.05, 3.63) is 61.3 Å². The van der Waals surface area contributed by atoms with Gasteiger partial charge in [0, 0.05) is 16.2 Å². The van der Waals surface area contributed by atoms with E-state index in [1.165, 1.54) is 0 Å². The second-order valence-electron chi connectivity index (χ2n) is 4.20. The molecule has 0 bridgehead atoms. The smallest absolute Gasteiger partial charge is 0.288 e. The lowest BCUT2D eigenvalue weighted by atomic mass is 10.2. The number of rotatable bonds is 3. The molecule has 0 atom stereocenters. The van der Waals surface area contributed by atoms with Gasteiger partial charge in [0.2, 0.25) is 0 Å². The second kappa shape index (κ2) is 6.19. The minimum absolute atomic E-state index is 0.0507. The number of amides is 1. The highest BCUT2D eigenvalue weighted by Gasteiger charge is 2.17. The van der Waals surface area contributed by atoms with Crippen molar-refractivity contribution in [1.82, 2.24) is 4.98 Å². The molecule has 0 aliphatic carbocycles. The van der Waals surface area contributed by atoms with E-state index in [0.717, 1.165) is 22.3 Å². The average Bonchev–Trinajstić information content (AvgIpc) is 2.43. The minimum Gasteiger partial charge on any atom is -0.322 e. The van der Waals surface area contributed by atoms with Crippen LogP contribution in [0.3, 0.4) is 0 Å². The SMILES string of the molecule is Cc1ccc(Br)cc1NC(=O)c1cc([N+](=O)[O-])cnc1Cl. The number of aryl methyl sites for hydroxylation is 1. The van der Waals surface area contributed by atoms with Crippen LogP contribution < -0.4 is 5.32 Å². The number of aromatic nitrogens is 1. The quantitative estimate of drug-likeness (QED) is 0.503. The Kier molecular flexibility index (Phi) is 4.54. The molecule has 1 amide bonds. The third-order valence-corrected chi connectivity index (χ3v) is 3.52. The highest BCUT2D eigenvalue weighted by atomic mass is 79.9. The van der Waals surface area contributed by atoms with Crippen LogP contribution in [0.15, 0.2) is 34.9 Å². The van der Waals surface area contributed by atoms with Crippen molar-refractivity contribution in [2.45, 2.75) is 6.92 Å². The van der Waals surface area contributed by atoms with Crippen molar-refractivity contribution in [3.8, 4) is 0 Å². The first kappa shape index (κ1) is 15.4. The molecule has 108 valence electrons. The number of nitrogens with one attached hydrogen (secondary N) is 1. The van der Waals surface area contributed by atoms with E-state index in [1.807, 2.05) is 19.1 Å². The topological polar surface area (TPSA) is 85.1 Å². The monoisotopic (exact) mass is 369 g/mol. The third-order valence-electron chi connectivity index (χ3n) is 2.73. The van der Waals surface area contributed by atoms with E-state index in [0.29, 0.717) is 5.69 Å². The molecule has 0 radical (unpaired) electrons. The number of carbonyl (C=O) groups is 1. The third kappa shape index (κ3) is 3.56. The van der Waals surface area contributed by atoms with Crippen molar-refractivity contribution >= 4 is 44.8 Å². The van der Waals surface area contributed by atoms with Crippen molar-refractivity contribution in [2.24, 2.45) is 0 Å². The number of carbonyl (C=O) groups excluding carboxylic acids is 1. The van der Waals surface area contributed by atoms with Crippen LogP contribution in [0.4, 0.5) is 11.4 Å². The van der Waals surface area contributed by atoms with Crippen molar-refractivity contribution in [3.63, 3.8) is 0 Å². The minimum atomic E-state index is -0.634. The van der Waals surface area contributed by atoms with E-state index >= 15 is 0 Å². The largest absolute Gasteiger partial charge is 0.322 e. The molecule has 2 rings (SSSR count). The number of nitro groups is 1. The van der Waals surface area contributed by atoms with Crippen LogP contribution in [-0.4, -0.2) is 15.8 Å². The number of nitrogens with zero attached hydrogens (tertiary/aromatic N) is 2. The Hall–Kier alpha value is -1.99. The molecule has 0 aliphatic heterocycles. The molecular weight excluding hydrogens is 362 g/mol. The summed E-state index contributed by atoms with van der Waals surface area (Å²) >= 11 is 9.14. The van der Waals surface area contributed by atoms with E-state index in [1.54, 1.807) is 6.07 Å². The molecule has 0 spiro atoms. The lowest BCUT2D eigenvalue weighted by molar-refractivity contribution is -0.385. The first-order valence-corrected chi connectivity index (χ1v) is 6.93. The molecule has 6 nitrogen and oxygen atoms in total. The van der Waals surface area contributed by atoms with Crippen LogP contribution in [0.25, 0.3) is 0 Å². The fourth-order valence-electron chi connectivity index (χ4n) is 1.61. The number of hydrogen-bond donors (Lipinski definition) is 1. The predicted octanol–water partition coefficient (Wildman–Crippen LogP) is 3.97. The van der Waals surface area contributed by atoms with Crippen molar-refractivity contribution in [1.29, 1.82) is 0 Å². The molecule has 1 aromatic heterocycles. The zero-order valence-corrected chi connectivity index (χ0v) is 13.1. The number of benzene rings is 1. The van der Waals surface area contributed by atoms with Crippen LogP contribution >= 0.6 is 27.5 Å². The highest BCUT2D eigenvalue weighted by Crippen LogP contribution is 2.24. The molecule has 0 saturated heterocycles. The van der Waals surface area contributed by atoms with E-state index in [4.69, 9.17) is 11.6 Å². The Morgan fingerprint density at radius 2 is 2.14 bits per heavy atom. The molecule has 0 aliphatic rings. The molecule has 1 aromatic carbocycles. The summed E-state index contributed by atoms with van der Waals surface area (Å²) in [5.41, 5.74) is 1.08. The van der Waals surface area contributed by atoms with Gasteiger partial charge in [0.1, 0.15) is 11.3 Å². The van der Waals surface area contributed by atoms with Gasteiger partial charge in [-0.05, 0) is 24.6 Å². The van der Waals surface area contributed by atoms with Crippen LogP contribution in [0, 0.1) is 17.0 Å². The van der Waals surface area contributed by atoms with Crippen LogP contribution in [-0.2, 0) is 0 Å². The zero-order valence-electron chi connectivity index (χ0n) is 10.8. The Morgan fingerprint density at radius 3 is 2.81 bits per heavy atom. The summed E-state index contributed by atoms with van der Waals surface area (Å²) in [6, 6.07) is 6.49. The summed E-state index contributed by atoms with van der Waals surface area (Å²) in [6.07, 6.45) is 1.00. The van der Waals surface area contributed by atoms with E-state index < -0.39 is 10.8 Å². The Morgan fingerprint density at radius 1 is 1.43 bits per heavy atom. The van der Waals surface area contributed by atoms with Crippen LogP contribution in [0.5, 0.6) is 0 Å². The van der Waals surface area contributed by atoms with Gasteiger partial charge in [0.15, 0.2) is 0 Å². The van der Waals surface area contributed by atoms with Gasteiger partial charge >= 0.3 is 0 Å². The molecule has 0 fully saturated rings. The summed E-state index contributed by atoms with van der Waals surface area (Å²) in [5.74, 6) is -0.558. The molecule has 1 N–H and O–H groups in total. The van der Waals surface area contributed by atoms with Gasteiger partial charge in [0.25, 0.3) is 11.6 Å². The maximum atomic E-state index is 12.2. The predicted molar refractivity (Wildman–Crippen MR) is 82.7 cm³/mol. The van der Waals surface area contributed by atoms with Crippen LogP contribution in [0.2, 0.25) is 5.15 Å². The Bertz CT molecular complexity index is 737. The van der Waals surface area contributed by atoms with Gasteiger partial charge in [-0.2, -0.15) is 0 Å². The molecule has 0 unspecified atom stereocenters. The molecule has 8 heteroatoms. The number of pyridine rings is 1. The first-order valence-electron chi connectivity index (χ1n) is 5.76. The van der Waals surface area contributed by atoms with E-state index in [-0.39, 0.29) is 16.4 Å². The van der Waals surface area contributed by atoms with Gasteiger partial charge in [-0.3, -0.25) is 14.9 Å². The van der Waals surface area contributed by atoms with E-state index in [9.17, 15) is 14.9 Å². The maximum Gasteiger partial charge on any atom is 0.288 e. The first-order chi connectivity index (χ1) is 9.88. The number of anilines is 1. The summed E-state index contributed by atoms with van der Waals surface area (Å²) in [4.78, 5) is 26.0. The van der Waals surface area contributed by atoms with Crippen LogP contribution in [0.1, 0.15) is 15.9 Å². The average molecular weight is 371 g/mol. The molecule has 0 saturated carbocycles. The highest BCUT2D eigenvalue weighted by molar-refractivity contribution is 9.10. The standard InChI is InChI=1S/C13H9BrClN3O3/c1-7-2-3-8(14)4-11(7)17-13(19)10-5-9(18(20)21)6-16-12(10)15/h2-6H,1H3,(H,17,19). The fourth-order valence-corrected chi connectivity index (χ4v) is 2.16. The Balaban J connectivity index is 2.34. The molecule has 2 aromatic rings. The van der Waals surface area contributed by atoms with Gasteiger partial charge in [0.05, 0.1) is 10.5 Å². The maximum absolute atomic E-state index is 12.2. The lowest BCUT2D eigenvalue weighted by Gasteiger charge is -2.09. The fraction of sp³-hybridized carbons (Fsp3) is 0.0769. The van der Waals surface area contributed by atoms with E-state index in [2.05, 4.69) is 26.2 Å². The molecular formula is C13H9BrClN3O3. The van der Waals surface area contributed by atoms with Gasteiger partial charge in [-0.1, -0.05) is 33.6 Å². The van der Waals surface area contributed by atoms with Gasteiger partial charge in [-0.15, -0.1) is 0 Å². The van der Waals surface area contributed by atoms with Gasteiger partial charge in [-0.25, -0.2) is 4.98 Å². The van der Waals surface area contributed by atoms with Crippen molar-refractivity contribution in [2.75, 3.05) is 5.32 Å². The van der Waals surface area contributed by atoms with Gasteiger partial charge < -0.3 is 5.32 Å². The summed E-state index contributed by atoms with van der Waals surface area (Å²) < 4.78 is 0.798. The molecule has 21 heavy (non-hydrogen) atoms. The zero-order chi connectivity index (χ0) is 15.6. The lowest BCUT2D eigenvalue weighted by Crippen LogP contribution is -2.14. The summed E-state index contributed by atoms with van der Waals surface area (Å²) in [7, 11) is 0. The summed E-state index contributed by atoms with van der Waals surface area (Å²) in [5, 5.41) is 13.3. The second-order valence-corrected chi connectivity index (χ2v) is 5.48. The number of halogens is 2. The summed E-state index contributed by atoms with van der Waals surface area (Å²) in [6.45, 7) is 1.83. The Labute approximate surface area is 133 Å². The number of hydrogen-bond acceptors (Lipinski definition) is 4.